The minimum Gasteiger partial charge on any atom is -0.444 e. The standard InChI is InChI=1S/C23H21N3O2/c1-17-8-10-19(11-9-17)15-26-16-21(12-13-22(27)28-18(2)14-24)23(25-26)20-6-4-3-5-7-20/h3-13,16,18H,15H2,1-2H3/b13-12+/t18-/m1/s1. The molecule has 0 bridgehead atoms. The van der Waals surface area contributed by atoms with Crippen LogP contribution in [0.4, 0.5) is 0 Å². The normalized spacial score (nSPS) is 11.9. The van der Waals surface area contributed by atoms with Gasteiger partial charge < -0.3 is 4.74 Å². The molecular formula is C23H21N3O2. The molecule has 0 spiro atoms. The Balaban J connectivity index is 1.88. The number of hydrogen-bond acceptors (Lipinski definition) is 4. The third kappa shape index (κ3) is 4.95. The molecule has 1 atom stereocenters. The first-order chi connectivity index (χ1) is 13.5. The van der Waals surface area contributed by atoms with Crippen molar-refractivity contribution in [2.75, 3.05) is 0 Å². The van der Waals surface area contributed by atoms with Crippen LogP contribution in [0.2, 0.25) is 0 Å². The number of nitriles is 1. The number of hydrogen-bond donors (Lipinski definition) is 0. The van der Waals surface area contributed by atoms with Crippen LogP contribution in [0.15, 0.2) is 66.9 Å². The highest BCUT2D eigenvalue weighted by atomic mass is 16.5. The molecule has 0 amide bonds. The molecule has 0 aliphatic rings. The Morgan fingerprint density at radius 1 is 1.21 bits per heavy atom. The molecule has 0 N–H and O–H groups in total. The number of carbonyl (C=O) groups is 1. The van der Waals surface area contributed by atoms with E-state index in [0.29, 0.717) is 6.54 Å². The van der Waals surface area contributed by atoms with E-state index >= 15 is 0 Å². The van der Waals surface area contributed by atoms with Gasteiger partial charge in [0.25, 0.3) is 0 Å². The average molecular weight is 371 g/mol. The predicted octanol–water partition coefficient (Wildman–Crippen LogP) is 4.38. The number of benzene rings is 2. The second-order valence-electron chi connectivity index (χ2n) is 6.52. The number of aromatic nitrogens is 2. The van der Waals surface area contributed by atoms with E-state index in [-0.39, 0.29) is 0 Å². The molecule has 0 unspecified atom stereocenters. The van der Waals surface area contributed by atoms with Crippen LogP contribution in [0, 0.1) is 18.3 Å². The summed E-state index contributed by atoms with van der Waals surface area (Å²) in [7, 11) is 0. The lowest BCUT2D eigenvalue weighted by molar-refractivity contribution is -0.139. The summed E-state index contributed by atoms with van der Waals surface area (Å²) in [6, 6.07) is 20.0. The molecule has 1 aromatic heterocycles. The summed E-state index contributed by atoms with van der Waals surface area (Å²) in [6.45, 7) is 4.21. The molecule has 0 aliphatic carbocycles. The summed E-state index contributed by atoms with van der Waals surface area (Å²) in [5, 5.41) is 13.5. The van der Waals surface area contributed by atoms with E-state index in [2.05, 4.69) is 31.2 Å². The van der Waals surface area contributed by atoms with Gasteiger partial charge >= 0.3 is 5.97 Å². The van der Waals surface area contributed by atoms with Gasteiger partial charge in [0.05, 0.1) is 12.2 Å². The Kier molecular flexibility index (Phi) is 6.03. The van der Waals surface area contributed by atoms with Crippen LogP contribution >= 0.6 is 0 Å². The Morgan fingerprint density at radius 3 is 2.61 bits per heavy atom. The number of nitrogens with zero attached hydrogens (tertiary/aromatic N) is 3. The Hall–Kier alpha value is -3.65. The topological polar surface area (TPSA) is 67.9 Å². The Labute approximate surface area is 164 Å². The smallest absolute Gasteiger partial charge is 0.332 e. The SMILES string of the molecule is Cc1ccc(Cn2cc(/C=C/C(=O)O[C@H](C)C#N)c(-c3ccccc3)n2)cc1. The van der Waals surface area contributed by atoms with Gasteiger partial charge in [0.15, 0.2) is 6.10 Å². The summed E-state index contributed by atoms with van der Waals surface area (Å²) in [4.78, 5) is 11.9. The number of aryl methyl sites for hydroxylation is 1. The first kappa shape index (κ1) is 19.1. The molecule has 0 radical (unpaired) electrons. The molecule has 0 aliphatic heterocycles. The molecule has 140 valence electrons. The van der Waals surface area contributed by atoms with Crippen LogP contribution in [0.1, 0.15) is 23.6 Å². The lowest BCUT2D eigenvalue weighted by Gasteiger charge is -2.02. The maximum atomic E-state index is 11.9. The fourth-order valence-electron chi connectivity index (χ4n) is 2.74. The van der Waals surface area contributed by atoms with Crippen molar-refractivity contribution in [3.63, 3.8) is 0 Å². The Bertz CT molecular complexity index is 1010. The predicted molar refractivity (Wildman–Crippen MR) is 108 cm³/mol. The van der Waals surface area contributed by atoms with Gasteiger partial charge in [-0.25, -0.2) is 4.79 Å². The van der Waals surface area contributed by atoms with Gasteiger partial charge in [0.1, 0.15) is 6.07 Å². The molecular weight excluding hydrogens is 350 g/mol. The molecule has 3 aromatic rings. The van der Waals surface area contributed by atoms with Gasteiger partial charge in [-0.05, 0) is 25.5 Å². The van der Waals surface area contributed by atoms with Gasteiger partial charge in [0, 0.05) is 23.4 Å². The van der Waals surface area contributed by atoms with Crippen LogP contribution in [-0.2, 0) is 16.1 Å². The highest BCUT2D eigenvalue weighted by molar-refractivity contribution is 5.88. The number of ether oxygens (including phenoxy) is 1. The summed E-state index contributed by atoms with van der Waals surface area (Å²) >= 11 is 0. The first-order valence-corrected chi connectivity index (χ1v) is 9.02. The van der Waals surface area contributed by atoms with Crippen molar-refractivity contribution in [2.45, 2.75) is 26.5 Å². The molecule has 5 heteroatoms. The quantitative estimate of drug-likeness (QED) is 0.476. The summed E-state index contributed by atoms with van der Waals surface area (Å²) in [5.74, 6) is -0.556. The zero-order chi connectivity index (χ0) is 19.9. The average Bonchev–Trinajstić information content (AvgIpc) is 3.11. The van der Waals surface area contributed by atoms with E-state index in [1.807, 2.05) is 47.3 Å². The van der Waals surface area contributed by atoms with Crippen LogP contribution < -0.4 is 0 Å². The highest BCUT2D eigenvalue weighted by Gasteiger charge is 2.11. The van der Waals surface area contributed by atoms with Gasteiger partial charge in [-0.3, -0.25) is 4.68 Å². The second-order valence-corrected chi connectivity index (χ2v) is 6.52. The molecule has 0 fully saturated rings. The molecule has 1 heterocycles. The summed E-state index contributed by atoms with van der Waals surface area (Å²) < 4.78 is 6.82. The minimum absolute atomic E-state index is 0.556. The van der Waals surface area contributed by atoms with Crippen LogP contribution in [-0.4, -0.2) is 21.9 Å². The van der Waals surface area contributed by atoms with E-state index in [1.54, 1.807) is 6.08 Å². The largest absolute Gasteiger partial charge is 0.444 e. The van der Waals surface area contributed by atoms with E-state index in [1.165, 1.54) is 18.6 Å². The Morgan fingerprint density at radius 2 is 1.93 bits per heavy atom. The van der Waals surface area contributed by atoms with E-state index in [9.17, 15) is 4.79 Å². The molecule has 3 rings (SSSR count). The zero-order valence-corrected chi connectivity index (χ0v) is 15.9. The second kappa shape index (κ2) is 8.83. The van der Waals surface area contributed by atoms with Crippen molar-refractivity contribution in [1.29, 1.82) is 5.26 Å². The van der Waals surface area contributed by atoms with E-state index in [0.717, 1.165) is 22.4 Å². The lowest BCUT2D eigenvalue weighted by Crippen LogP contribution is -2.10. The van der Waals surface area contributed by atoms with E-state index < -0.39 is 12.1 Å². The zero-order valence-electron chi connectivity index (χ0n) is 15.9. The number of carbonyl (C=O) groups excluding carboxylic acids is 1. The first-order valence-electron chi connectivity index (χ1n) is 9.02. The fourth-order valence-corrected chi connectivity index (χ4v) is 2.74. The van der Waals surface area contributed by atoms with Gasteiger partial charge in [-0.15, -0.1) is 0 Å². The molecule has 28 heavy (non-hydrogen) atoms. The van der Waals surface area contributed by atoms with Crippen LogP contribution in [0.3, 0.4) is 0 Å². The fraction of sp³-hybridized carbons (Fsp3) is 0.174. The van der Waals surface area contributed by atoms with Crippen molar-refractivity contribution >= 4 is 12.0 Å². The molecule has 0 saturated carbocycles. The maximum Gasteiger partial charge on any atom is 0.332 e. The molecule has 2 aromatic carbocycles. The lowest BCUT2D eigenvalue weighted by atomic mass is 10.1. The summed E-state index contributed by atoms with van der Waals surface area (Å²) in [6.07, 6.45) is 4.12. The van der Waals surface area contributed by atoms with Crippen LogP contribution in [0.5, 0.6) is 0 Å². The highest BCUT2D eigenvalue weighted by Crippen LogP contribution is 2.23. The van der Waals surface area contributed by atoms with Gasteiger partial charge in [0.2, 0.25) is 0 Å². The minimum atomic E-state index is -0.782. The van der Waals surface area contributed by atoms with Crippen molar-refractivity contribution < 1.29 is 9.53 Å². The van der Waals surface area contributed by atoms with E-state index in [4.69, 9.17) is 15.1 Å². The number of esters is 1. The van der Waals surface area contributed by atoms with Crippen molar-refractivity contribution in [2.24, 2.45) is 0 Å². The van der Waals surface area contributed by atoms with Crippen molar-refractivity contribution in [1.82, 2.24) is 9.78 Å². The van der Waals surface area contributed by atoms with Crippen molar-refractivity contribution in [3.8, 4) is 17.3 Å². The number of rotatable bonds is 6. The van der Waals surface area contributed by atoms with Gasteiger partial charge in [-0.1, -0.05) is 60.2 Å². The molecule has 0 saturated heterocycles. The third-order valence-electron chi connectivity index (χ3n) is 4.18. The van der Waals surface area contributed by atoms with Crippen LogP contribution in [0.25, 0.3) is 17.3 Å². The monoisotopic (exact) mass is 371 g/mol. The summed E-state index contributed by atoms with van der Waals surface area (Å²) in [5.41, 5.74) is 4.90. The van der Waals surface area contributed by atoms with Gasteiger partial charge in [-0.2, -0.15) is 10.4 Å². The maximum absolute atomic E-state index is 11.9. The molecule has 5 nitrogen and oxygen atoms in total. The third-order valence-corrected chi connectivity index (χ3v) is 4.18. The van der Waals surface area contributed by atoms with Crippen molar-refractivity contribution in [3.05, 3.63) is 83.6 Å².